The zero-order valence-corrected chi connectivity index (χ0v) is 13.8. The maximum absolute atomic E-state index is 12.8. The van der Waals surface area contributed by atoms with Gasteiger partial charge in [0, 0.05) is 20.0 Å². The third kappa shape index (κ3) is 2.50. The molecule has 0 bridgehead atoms. The molecule has 0 atom stereocenters. The molecular formula is C18H19N5O. The standard InChI is InChI=1S/C18H19N5O/c1-12-19-14-8-9-23(11-16(14)20-12)18(24)15-10-17(22(2)21-15)13-6-4-3-5-7-13/h3-7,10H,8-9,11H2,1-2H3,(H,19,20). The highest BCUT2D eigenvalue weighted by Crippen LogP contribution is 2.22. The fourth-order valence-corrected chi connectivity index (χ4v) is 3.22. The predicted molar refractivity (Wildman–Crippen MR) is 90.4 cm³/mol. The Bertz CT molecular complexity index is 894. The van der Waals surface area contributed by atoms with Gasteiger partial charge in [0.15, 0.2) is 5.69 Å². The number of imidazole rings is 1. The number of H-pyrrole nitrogens is 1. The molecule has 1 aliphatic rings. The summed E-state index contributed by atoms with van der Waals surface area (Å²) < 4.78 is 1.76. The number of benzene rings is 1. The van der Waals surface area contributed by atoms with E-state index in [1.54, 1.807) is 4.68 Å². The van der Waals surface area contributed by atoms with Crippen LogP contribution in [0.2, 0.25) is 0 Å². The Balaban J connectivity index is 1.60. The van der Waals surface area contributed by atoms with Gasteiger partial charge < -0.3 is 9.88 Å². The SMILES string of the molecule is Cc1nc2c([nH]1)CN(C(=O)c1cc(-c3ccccc3)n(C)n1)CC2. The molecule has 0 fully saturated rings. The average Bonchev–Trinajstić information content (AvgIpc) is 3.16. The first kappa shape index (κ1) is 14.7. The maximum Gasteiger partial charge on any atom is 0.274 e. The summed E-state index contributed by atoms with van der Waals surface area (Å²) in [5, 5.41) is 4.42. The summed E-state index contributed by atoms with van der Waals surface area (Å²) in [5.74, 6) is 0.865. The van der Waals surface area contributed by atoms with Gasteiger partial charge in [-0.25, -0.2) is 4.98 Å². The van der Waals surface area contributed by atoms with E-state index in [0.29, 0.717) is 18.8 Å². The van der Waals surface area contributed by atoms with Crippen LogP contribution in [0.25, 0.3) is 11.3 Å². The lowest BCUT2D eigenvalue weighted by molar-refractivity contribution is 0.0725. The minimum absolute atomic E-state index is 0.0364. The normalized spacial score (nSPS) is 13.8. The van der Waals surface area contributed by atoms with E-state index in [1.807, 2.05) is 55.3 Å². The molecule has 0 saturated heterocycles. The molecule has 3 aromatic rings. The fourth-order valence-electron chi connectivity index (χ4n) is 3.22. The van der Waals surface area contributed by atoms with Crippen molar-refractivity contribution in [2.75, 3.05) is 6.54 Å². The second kappa shape index (κ2) is 5.63. The second-order valence-electron chi connectivity index (χ2n) is 6.13. The van der Waals surface area contributed by atoms with Gasteiger partial charge in [-0.05, 0) is 18.6 Å². The van der Waals surface area contributed by atoms with Crippen molar-refractivity contribution in [2.24, 2.45) is 7.05 Å². The van der Waals surface area contributed by atoms with E-state index in [9.17, 15) is 4.79 Å². The molecule has 0 saturated carbocycles. The monoisotopic (exact) mass is 321 g/mol. The number of hydrogen-bond acceptors (Lipinski definition) is 3. The topological polar surface area (TPSA) is 66.8 Å². The number of aromatic amines is 1. The highest BCUT2D eigenvalue weighted by Gasteiger charge is 2.26. The van der Waals surface area contributed by atoms with Crippen LogP contribution in [-0.2, 0) is 20.0 Å². The molecule has 122 valence electrons. The highest BCUT2D eigenvalue weighted by atomic mass is 16.2. The minimum Gasteiger partial charge on any atom is -0.344 e. The van der Waals surface area contributed by atoms with E-state index in [2.05, 4.69) is 15.1 Å². The number of fused-ring (bicyclic) bond motifs is 1. The van der Waals surface area contributed by atoms with Crippen LogP contribution in [0.4, 0.5) is 0 Å². The Kier molecular flexibility index (Phi) is 3.45. The zero-order chi connectivity index (χ0) is 16.7. The van der Waals surface area contributed by atoms with Crippen LogP contribution >= 0.6 is 0 Å². The minimum atomic E-state index is -0.0364. The third-order valence-corrected chi connectivity index (χ3v) is 4.41. The summed E-state index contributed by atoms with van der Waals surface area (Å²) in [5.41, 5.74) is 4.58. The van der Waals surface area contributed by atoms with Crippen LogP contribution in [0.1, 0.15) is 27.7 Å². The molecule has 6 heteroatoms. The Morgan fingerprint density at radius 1 is 1.25 bits per heavy atom. The number of hydrogen-bond donors (Lipinski definition) is 1. The van der Waals surface area contributed by atoms with Crippen molar-refractivity contribution in [3.63, 3.8) is 0 Å². The molecule has 4 rings (SSSR count). The van der Waals surface area contributed by atoms with Crippen LogP contribution in [0.5, 0.6) is 0 Å². The van der Waals surface area contributed by atoms with Crippen molar-refractivity contribution in [1.29, 1.82) is 0 Å². The van der Waals surface area contributed by atoms with Gasteiger partial charge in [-0.15, -0.1) is 0 Å². The molecule has 1 amide bonds. The number of rotatable bonds is 2. The number of aryl methyl sites for hydroxylation is 2. The van der Waals surface area contributed by atoms with Crippen LogP contribution < -0.4 is 0 Å². The second-order valence-corrected chi connectivity index (χ2v) is 6.13. The number of aromatic nitrogens is 4. The van der Waals surface area contributed by atoms with E-state index in [4.69, 9.17) is 0 Å². The van der Waals surface area contributed by atoms with Crippen LogP contribution in [0.15, 0.2) is 36.4 Å². The van der Waals surface area contributed by atoms with Crippen LogP contribution in [0, 0.1) is 6.92 Å². The summed E-state index contributed by atoms with van der Waals surface area (Å²) in [6.07, 6.45) is 0.782. The molecule has 24 heavy (non-hydrogen) atoms. The summed E-state index contributed by atoms with van der Waals surface area (Å²) in [4.78, 5) is 22.4. The summed E-state index contributed by atoms with van der Waals surface area (Å²) in [7, 11) is 1.87. The molecule has 0 unspecified atom stereocenters. The fraction of sp³-hybridized carbons (Fsp3) is 0.278. The predicted octanol–water partition coefficient (Wildman–Crippen LogP) is 2.32. The van der Waals surface area contributed by atoms with Gasteiger partial charge in [0.25, 0.3) is 5.91 Å². The third-order valence-electron chi connectivity index (χ3n) is 4.41. The average molecular weight is 321 g/mol. The van der Waals surface area contributed by atoms with Gasteiger partial charge in [0.1, 0.15) is 5.82 Å². The lowest BCUT2D eigenvalue weighted by Crippen LogP contribution is -2.36. The number of amides is 1. The lowest BCUT2D eigenvalue weighted by Gasteiger charge is -2.25. The van der Waals surface area contributed by atoms with Gasteiger partial charge in [-0.1, -0.05) is 30.3 Å². The van der Waals surface area contributed by atoms with Crippen molar-refractivity contribution in [2.45, 2.75) is 19.9 Å². The molecule has 1 N–H and O–H groups in total. The number of nitrogens with one attached hydrogen (secondary N) is 1. The lowest BCUT2D eigenvalue weighted by atomic mass is 10.1. The quantitative estimate of drug-likeness (QED) is 0.787. The number of carbonyl (C=O) groups is 1. The summed E-state index contributed by atoms with van der Waals surface area (Å²) in [6.45, 7) is 3.18. The molecule has 0 radical (unpaired) electrons. The summed E-state index contributed by atoms with van der Waals surface area (Å²) >= 11 is 0. The van der Waals surface area contributed by atoms with Gasteiger partial charge >= 0.3 is 0 Å². The van der Waals surface area contributed by atoms with Crippen molar-refractivity contribution in [3.8, 4) is 11.3 Å². The van der Waals surface area contributed by atoms with Crippen LogP contribution in [0.3, 0.4) is 0 Å². The van der Waals surface area contributed by atoms with Crippen molar-refractivity contribution < 1.29 is 4.79 Å². The first-order valence-corrected chi connectivity index (χ1v) is 8.05. The van der Waals surface area contributed by atoms with Crippen LogP contribution in [-0.4, -0.2) is 37.1 Å². The first-order chi connectivity index (χ1) is 11.6. The molecule has 0 spiro atoms. The van der Waals surface area contributed by atoms with Crippen molar-refractivity contribution in [1.82, 2.24) is 24.6 Å². The van der Waals surface area contributed by atoms with Gasteiger partial charge in [-0.3, -0.25) is 9.48 Å². The Hall–Kier alpha value is -2.89. The van der Waals surface area contributed by atoms with Crippen molar-refractivity contribution in [3.05, 3.63) is 59.3 Å². The molecule has 6 nitrogen and oxygen atoms in total. The van der Waals surface area contributed by atoms with Gasteiger partial charge in [0.2, 0.25) is 0 Å². The van der Waals surface area contributed by atoms with E-state index in [0.717, 1.165) is 34.9 Å². The highest BCUT2D eigenvalue weighted by molar-refractivity contribution is 5.93. The molecule has 2 aromatic heterocycles. The Morgan fingerprint density at radius 2 is 2.04 bits per heavy atom. The molecule has 3 heterocycles. The van der Waals surface area contributed by atoms with Gasteiger partial charge in [0.05, 0.1) is 23.6 Å². The van der Waals surface area contributed by atoms with Crippen molar-refractivity contribution >= 4 is 5.91 Å². The first-order valence-electron chi connectivity index (χ1n) is 8.05. The summed E-state index contributed by atoms with van der Waals surface area (Å²) in [6, 6.07) is 11.8. The Labute approximate surface area is 140 Å². The maximum atomic E-state index is 12.8. The molecule has 0 aliphatic carbocycles. The van der Waals surface area contributed by atoms with Gasteiger partial charge in [-0.2, -0.15) is 5.10 Å². The van der Waals surface area contributed by atoms with E-state index >= 15 is 0 Å². The Morgan fingerprint density at radius 3 is 2.83 bits per heavy atom. The number of carbonyl (C=O) groups excluding carboxylic acids is 1. The zero-order valence-electron chi connectivity index (χ0n) is 13.8. The van der Waals surface area contributed by atoms with E-state index in [1.165, 1.54) is 0 Å². The molecular weight excluding hydrogens is 302 g/mol. The smallest absolute Gasteiger partial charge is 0.274 e. The van der Waals surface area contributed by atoms with E-state index in [-0.39, 0.29) is 5.91 Å². The molecule has 1 aromatic carbocycles. The number of nitrogens with zero attached hydrogens (tertiary/aromatic N) is 4. The molecule has 1 aliphatic heterocycles. The van der Waals surface area contributed by atoms with E-state index < -0.39 is 0 Å². The largest absolute Gasteiger partial charge is 0.344 e.